The fourth-order valence-corrected chi connectivity index (χ4v) is 3.53. The summed E-state index contributed by atoms with van der Waals surface area (Å²) in [6.07, 6.45) is 1.46. The molecular weight excluding hydrogens is 424 g/mol. The van der Waals surface area contributed by atoms with Gasteiger partial charge in [-0.25, -0.2) is 9.69 Å². The van der Waals surface area contributed by atoms with E-state index in [1.807, 2.05) is 26.8 Å². The summed E-state index contributed by atoms with van der Waals surface area (Å²) < 4.78 is 6.17. The van der Waals surface area contributed by atoms with Crippen LogP contribution in [0.2, 0.25) is 0 Å². The number of nitrogens with zero attached hydrogens (tertiary/aromatic N) is 1. The monoisotopic (exact) mass is 442 g/mol. The van der Waals surface area contributed by atoms with Crippen LogP contribution in [-0.4, -0.2) is 24.5 Å². The normalized spacial score (nSPS) is 15.8. The van der Waals surface area contributed by atoms with Gasteiger partial charge in [0.1, 0.15) is 11.3 Å². The fourth-order valence-electron chi connectivity index (χ4n) is 3.02. The Hall–Kier alpha value is -2.93. The number of carbonyl (C=O) groups is 3. The molecule has 1 heterocycles. The maximum atomic E-state index is 13.0. The molecule has 2 aromatic rings. The number of imide groups is 2. The van der Waals surface area contributed by atoms with Gasteiger partial charge in [-0.05, 0) is 83.7 Å². The van der Waals surface area contributed by atoms with Crippen molar-refractivity contribution in [2.24, 2.45) is 0 Å². The van der Waals surface area contributed by atoms with E-state index in [1.165, 1.54) is 6.08 Å². The minimum Gasteiger partial charge on any atom is -0.493 e. The molecule has 1 aliphatic rings. The number of anilines is 1. The van der Waals surface area contributed by atoms with Gasteiger partial charge >= 0.3 is 6.03 Å². The van der Waals surface area contributed by atoms with Crippen LogP contribution in [0.1, 0.15) is 23.6 Å². The number of amides is 4. The summed E-state index contributed by atoms with van der Waals surface area (Å²) in [4.78, 5) is 38.6. The SMILES string of the molecule is CCOc1ccc(/C=C2\C(=O)NC(=O)N(c3cc(C)cc(C)c3)C2=O)cc1Br. The minimum absolute atomic E-state index is 0.116. The molecule has 0 saturated carbocycles. The molecule has 28 heavy (non-hydrogen) atoms. The molecule has 0 aliphatic carbocycles. The Bertz CT molecular complexity index is 993. The molecule has 1 fully saturated rings. The first-order chi connectivity index (χ1) is 13.3. The number of ether oxygens (including phenoxy) is 1. The van der Waals surface area contributed by atoms with Gasteiger partial charge in [-0.1, -0.05) is 12.1 Å². The van der Waals surface area contributed by atoms with Gasteiger partial charge in [0.25, 0.3) is 11.8 Å². The molecule has 0 unspecified atom stereocenters. The van der Waals surface area contributed by atoms with Crippen molar-refractivity contribution in [2.75, 3.05) is 11.5 Å². The van der Waals surface area contributed by atoms with Gasteiger partial charge in [-0.3, -0.25) is 14.9 Å². The van der Waals surface area contributed by atoms with E-state index in [-0.39, 0.29) is 5.57 Å². The highest BCUT2D eigenvalue weighted by Gasteiger charge is 2.36. The molecule has 0 aromatic heterocycles. The van der Waals surface area contributed by atoms with Gasteiger partial charge < -0.3 is 4.74 Å². The number of aryl methyl sites for hydroxylation is 2. The van der Waals surface area contributed by atoms with Gasteiger partial charge in [-0.15, -0.1) is 0 Å². The molecule has 4 amide bonds. The zero-order valence-corrected chi connectivity index (χ0v) is 17.3. The molecule has 3 rings (SSSR count). The van der Waals surface area contributed by atoms with Crippen LogP contribution in [0.15, 0.2) is 46.4 Å². The number of rotatable bonds is 4. The fraction of sp³-hybridized carbons (Fsp3) is 0.190. The summed E-state index contributed by atoms with van der Waals surface area (Å²) in [6.45, 7) is 6.16. The summed E-state index contributed by atoms with van der Waals surface area (Å²) in [6, 6.07) is 9.87. The van der Waals surface area contributed by atoms with Crippen LogP contribution in [0.25, 0.3) is 6.08 Å². The average molecular weight is 443 g/mol. The van der Waals surface area contributed by atoms with Crippen molar-refractivity contribution < 1.29 is 19.1 Å². The van der Waals surface area contributed by atoms with E-state index in [2.05, 4.69) is 21.2 Å². The van der Waals surface area contributed by atoms with Crippen molar-refractivity contribution >= 4 is 45.5 Å². The molecule has 1 N–H and O–H groups in total. The third-order valence-electron chi connectivity index (χ3n) is 4.13. The van der Waals surface area contributed by atoms with Crippen molar-refractivity contribution in [3.8, 4) is 5.75 Å². The Morgan fingerprint density at radius 1 is 1.07 bits per heavy atom. The lowest BCUT2D eigenvalue weighted by Crippen LogP contribution is -2.54. The van der Waals surface area contributed by atoms with E-state index in [0.29, 0.717) is 28.1 Å². The second kappa shape index (κ2) is 7.98. The average Bonchev–Trinajstić information content (AvgIpc) is 2.60. The van der Waals surface area contributed by atoms with Crippen LogP contribution in [0.5, 0.6) is 5.75 Å². The zero-order chi connectivity index (χ0) is 20.4. The minimum atomic E-state index is -0.759. The summed E-state index contributed by atoms with van der Waals surface area (Å²) in [7, 11) is 0. The lowest BCUT2D eigenvalue weighted by Gasteiger charge is -2.27. The topological polar surface area (TPSA) is 75.7 Å². The Balaban J connectivity index is 2.00. The first-order valence-electron chi connectivity index (χ1n) is 8.72. The quantitative estimate of drug-likeness (QED) is 0.570. The number of nitrogens with one attached hydrogen (secondary N) is 1. The summed E-state index contributed by atoms with van der Waals surface area (Å²) >= 11 is 3.41. The first kappa shape index (κ1) is 19.8. The van der Waals surface area contributed by atoms with Crippen molar-refractivity contribution in [3.63, 3.8) is 0 Å². The number of urea groups is 1. The van der Waals surface area contributed by atoms with E-state index in [1.54, 1.807) is 30.3 Å². The molecule has 7 heteroatoms. The number of halogens is 1. The molecule has 1 saturated heterocycles. The maximum absolute atomic E-state index is 13.0. The van der Waals surface area contributed by atoms with E-state index >= 15 is 0 Å². The van der Waals surface area contributed by atoms with Crippen LogP contribution < -0.4 is 15.0 Å². The van der Waals surface area contributed by atoms with E-state index < -0.39 is 17.8 Å². The van der Waals surface area contributed by atoms with Crippen molar-refractivity contribution in [1.29, 1.82) is 0 Å². The van der Waals surface area contributed by atoms with Crippen LogP contribution in [0.3, 0.4) is 0 Å². The van der Waals surface area contributed by atoms with Crippen LogP contribution in [-0.2, 0) is 9.59 Å². The zero-order valence-electron chi connectivity index (χ0n) is 15.7. The highest BCUT2D eigenvalue weighted by atomic mass is 79.9. The van der Waals surface area contributed by atoms with Crippen molar-refractivity contribution in [2.45, 2.75) is 20.8 Å². The van der Waals surface area contributed by atoms with Crippen molar-refractivity contribution in [3.05, 3.63) is 63.1 Å². The first-order valence-corrected chi connectivity index (χ1v) is 9.51. The van der Waals surface area contributed by atoms with Gasteiger partial charge in [0.05, 0.1) is 16.8 Å². The van der Waals surface area contributed by atoms with E-state index in [9.17, 15) is 14.4 Å². The molecule has 0 bridgehead atoms. The predicted molar refractivity (Wildman–Crippen MR) is 110 cm³/mol. The molecule has 0 radical (unpaired) electrons. The number of hydrogen-bond acceptors (Lipinski definition) is 4. The highest BCUT2D eigenvalue weighted by molar-refractivity contribution is 9.10. The summed E-state index contributed by atoms with van der Waals surface area (Å²) in [5.74, 6) is -0.722. The Morgan fingerprint density at radius 2 is 1.75 bits per heavy atom. The lowest BCUT2D eigenvalue weighted by atomic mass is 10.1. The number of barbiturate groups is 1. The Kier molecular flexibility index (Phi) is 5.65. The van der Waals surface area contributed by atoms with Gasteiger partial charge in [0.2, 0.25) is 0 Å². The second-order valence-electron chi connectivity index (χ2n) is 6.43. The number of hydrogen-bond donors (Lipinski definition) is 1. The summed E-state index contributed by atoms with van der Waals surface area (Å²) in [5.41, 5.74) is 2.76. The Morgan fingerprint density at radius 3 is 2.36 bits per heavy atom. The molecule has 1 aliphatic heterocycles. The lowest BCUT2D eigenvalue weighted by molar-refractivity contribution is -0.122. The smallest absolute Gasteiger partial charge is 0.335 e. The third-order valence-corrected chi connectivity index (χ3v) is 4.75. The number of carbonyl (C=O) groups excluding carboxylic acids is 3. The third kappa shape index (κ3) is 3.99. The number of benzene rings is 2. The largest absolute Gasteiger partial charge is 0.493 e. The van der Waals surface area contributed by atoms with Crippen molar-refractivity contribution in [1.82, 2.24) is 5.32 Å². The standard InChI is InChI=1S/C21H19BrN2O4/c1-4-28-18-6-5-14(11-17(18)22)10-16-19(25)23-21(27)24(20(16)26)15-8-12(2)7-13(3)9-15/h5-11H,4H2,1-3H3,(H,23,25,27)/b16-10+. The molecule has 0 atom stereocenters. The van der Waals surface area contributed by atoms with E-state index in [0.717, 1.165) is 16.0 Å². The van der Waals surface area contributed by atoms with Gasteiger partial charge in [0.15, 0.2) is 0 Å². The maximum Gasteiger partial charge on any atom is 0.335 e. The van der Waals surface area contributed by atoms with Crippen LogP contribution >= 0.6 is 15.9 Å². The van der Waals surface area contributed by atoms with Gasteiger partial charge in [-0.2, -0.15) is 0 Å². The Labute approximate surface area is 171 Å². The van der Waals surface area contributed by atoms with E-state index in [4.69, 9.17) is 4.74 Å². The van der Waals surface area contributed by atoms with Crippen LogP contribution in [0, 0.1) is 13.8 Å². The predicted octanol–water partition coefficient (Wildman–Crippen LogP) is 4.13. The van der Waals surface area contributed by atoms with Gasteiger partial charge in [0, 0.05) is 0 Å². The molecule has 0 spiro atoms. The second-order valence-corrected chi connectivity index (χ2v) is 7.28. The summed E-state index contributed by atoms with van der Waals surface area (Å²) in [5, 5.41) is 2.24. The molecule has 144 valence electrons. The molecule has 2 aromatic carbocycles. The molecule has 6 nitrogen and oxygen atoms in total. The highest BCUT2D eigenvalue weighted by Crippen LogP contribution is 2.28. The molecular formula is C21H19BrN2O4. The van der Waals surface area contributed by atoms with Crippen LogP contribution in [0.4, 0.5) is 10.5 Å².